The quantitative estimate of drug-likeness (QED) is 0.108. The molecule has 1 amide bonds. The predicted octanol–water partition coefficient (Wildman–Crippen LogP) is 6.14. The molecular formula is C31H35NO9S2. The molecule has 0 spiro atoms. The fraction of sp³-hybridized carbons (Fsp3) is 0.387. The summed E-state index contributed by atoms with van der Waals surface area (Å²) in [5.74, 6) is 1.01. The molecule has 0 aliphatic rings. The zero-order valence-electron chi connectivity index (χ0n) is 24.6. The number of hydrogen-bond acceptors (Lipinski definition) is 10. The summed E-state index contributed by atoms with van der Waals surface area (Å²) in [5.41, 5.74) is 0. The number of carbonyl (C=O) groups is 3. The van der Waals surface area contributed by atoms with E-state index in [2.05, 4.69) is 0 Å². The van der Waals surface area contributed by atoms with Gasteiger partial charge in [0.05, 0.1) is 43.6 Å². The number of Topliss-reactive ketones (excluding diaryl/α,β-unsaturated/α-hetero) is 1. The Bertz CT molecular complexity index is 1590. The second kappa shape index (κ2) is 15.0. The average Bonchev–Trinajstić information content (AvgIpc) is 3.61. The van der Waals surface area contributed by atoms with Crippen LogP contribution in [0.15, 0.2) is 36.4 Å². The highest BCUT2D eigenvalue weighted by atomic mass is 32.1. The molecule has 10 nitrogen and oxygen atoms in total. The number of amides is 1. The van der Waals surface area contributed by atoms with Gasteiger partial charge in [0, 0.05) is 61.7 Å². The van der Waals surface area contributed by atoms with Crippen LogP contribution < -0.4 is 18.9 Å². The summed E-state index contributed by atoms with van der Waals surface area (Å²) in [7, 11) is 6.56. The van der Waals surface area contributed by atoms with Crippen LogP contribution in [0.5, 0.6) is 23.0 Å². The van der Waals surface area contributed by atoms with Gasteiger partial charge in [-0.1, -0.05) is 0 Å². The number of carboxylic acid groups (broad SMARTS) is 1. The summed E-state index contributed by atoms with van der Waals surface area (Å²) < 4.78 is 29.9. The van der Waals surface area contributed by atoms with E-state index in [1.807, 2.05) is 30.3 Å². The van der Waals surface area contributed by atoms with Gasteiger partial charge in [0.2, 0.25) is 0 Å². The molecule has 2 aromatic heterocycles. The number of carbonyl (C=O) groups excluding carboxylic acids is 2. The Kier molecular flexibility index (Phi) is 11.2. The minimum absolute atomic E-state index is 0.0342. The highest BCUT2D eigenvalue weighted by Crippen LogP contribution is 2.38. The minimum atomic E-state index is -1.000. The Labute approximate surface area is 257 Å². The molecular weight excluding hydrogens is 594 g/mol. The summed E-state index contributed by atoms with van der Waals surface area (Å²) in [6, 6.07) is 11.0. The number of hydrogen-bond donors (Lipinski definition) is 1. The number of methoxy groups -OCH3 is 3. The van der Waals surface area contributed by atoms with E-state index in [-0.39, 0.29) is 24.5 Å². The number of benzene rings is 2. The van der Waals surface area contributed by atoms with Gasteiger partial charge in [0.15, 0.2) is 28.8 Å². The molecule has 0 bridgehead atoms. The highest BCUT2D eigenvalue weighted by Gasteiger charge is 2.18. The topological polar surface area (TPSA) is 121 Å². The van der Waals surface area contributed by atoms with Crippen LogP contribution in [0.4, 0.5) is 0 Å². The monoisotopic (exact) mass is 629 g/mol. The zero-order chi connectivity index (χ0) is 30.9. The van der Waals surface area contributed by atoms with Gasteiger partial charge >= 0.3 is 5.97 Å². The van der Waals surface area contributed by atoms with Gasteiger partial charge in [-0.2, -0.15) is 0 Å². The summed E-state index contributed by atoms with van der Waals surface area (Å²) in [6.45, 7) is 1.94. The van der Waals surface area contributed by atoms with Crippen molar-refractivity contribution in [2.24, 2.45) is 0 Å². The molecule has 0 saturated heterocycles. The predicted molar refractivity (Wildman–Crippen MR) is 167 cm³/mol. The third-order valence-corrected chi connectivity index (χ3v) is 8.87. The Morgan fingerprint density at radius 3 is 1.81 bits per heavy atom. The van der Waals surface area contributed by atoms with E-state index in [0.29, 0.717) is 65.5 Å². The van der Waals surface area contributed by atoms with Crippen molar-refractivity contribution in [3.05, 3.63) is 46.2 Å². The van der Waals surface area contributed by atoms with Crippen LogP contribution in [0, 0.1) is 0 Å². The van der Waals surface area contributed by atoms with E-state index in [1.54, 1.807) is 39.3 Å². The van der Waals surface area contributed by atoms with Crippen molar-refractivity contribution in [3.8, 4) is 23.0 Å². The lowest BCUT2D eigenvalue weighted by atomic mass is 10.1. The van der Waals surface area contributed by atoms with E-state index >= 15 is 0 Å². The lowest BCUT2D eigenvalue weighted by Crippen LogP contribution is -2.27. The Balaban J connectivity index is 1.36. The maximum atomic E-state index is 12.9. The Hall–Kier alpha value is -3.87. The van der Waals surface area contributed by atoms with Crippen molar-refractivity contribution in [1.82, 2.24) is 4.90 Å². The number of aliphatic carboxylic acids is 1. The first-order chi connectivity index (χ1) is 20.7. The van der Waals surface area contributed by atoms with Gasteiger partial charge in [-0.3, -0.25) is 14.4 Å². The van der Waals surface area contributed by atoms with Crippen molar-refractivity contribution < 1.29 is 43.2 Å². The third-order valence-electron chi connectivity index (χ3n) is 6.65. The number of carboxylic acids is 1. The molecule has 0 aliphatic carbocycles. The molecule has 0 radical (unpaired) electrons. The van der Waals surface area contributed by atoms with E-state index in [0.717, 1.165) is 26.6 Å². The summed E-state index contributed by atoms with van der Waals surface area (Å²) >= 11 is 2.72. The van der Waals surface area contributed by atoms with Crippen LogP contribution in [-0.2, 0) is 9.53 Å². The molecule has 0 fully saturated rings. The molecule has 4 rings (SSSR count). The van der Waals surface area contributed by atoms with E-state index < -0.39 is 5.97 Å². The number of rotatable bonds is 17. The molecule has 43 heavy (non-hydrogen) atoms. The lowest BCUT2D eigenvalue weighted by Gasteiger charge is -2.15. The van der Waals surface area contributed by atoms with Crippen LogP contribution in [0.25, 0.3) is 20.2 Å². The average molecular weight is 630 g/mol. The Morgan fingerprint density at radius 2 is 1.28 bits per heavy atom. The van der Waals surface area contributed by atoms with Crippen LogP contribution in [0.1, 0.15) is 45.0 Å². The minimum Gasteiger partial charge on any atom is -0.493 e. The van der Waals surface area contributed by atoms with Crippen molar-refractivity contribution in [2.75, 3.05) is 54.7 Å². The Morgan fingerprint density at radius 1 is 0.721 bits per heavy atom. The standard InChI is InChI=1S/C31H35NO9S2/c1-32(9-5-10-37-2)31(36)29-16-20-14-23(39-4)25(18-27(20)43-29)41-12-6-11-40-24-17-26-19(13-22(24)38-3)15-28(42-26)21(33)7-8-30(34)35/h13-18H,5-12H2,1-4H3,(H,34,35). The fourth-order valence-electron chi connectivity index (χ4n) is 4.38. The molecule has 4 aromatic rings. The van der Waals surface area contributed by atoms with E-state index in [9.17, 15) is 14.4 Å². The molecule has 230 valence electrons. The lowest BCUT2D eigenvalue weighted by molar-refractivity contribution is -0.136. The number of ketones is 1. The molecule has 2 aromatic carbocycles. The van der Waals surface area contributed by atoms with E-state index in [4.69, 9.17) is 28.8 Å². The van der Waals surface area contributed by atoms with Crippen molar-refractivity contribution in [3.63, 3.8) is 0 Å². The van der Waals surface area contributed by atoms with Gasteiger partial charge in [0.25, 0.3) is 5.91 Å². The van der Waals surface area contributed by atoms with Crippen LogP contribution in [0.2, 0.25) is 0 Å². The van der Waals surface area contributed by atoms with Gasteiger partial charge < -0.3 is 33.7 Å². The molecule has 2 heterocycles. The molecule has 0 atom stereocenters. The second-order valence-corrected chi connectivity index (χ2v) is 11.9. The van der Waals surface area contributed by atoms with Crippen LogP contribution in [0.3, 0.4) is 0 Å². The third kappa shape index (κ3) is 8.15. The summed E-state index contributed by atoms with van der Waals surface area (Å²) in [6.07, 6.45) is 1.10. The zero-order valence-corrected chi connectivity index (χ0v) is 26.2. The molecule has 0 saturated carbocycles. The maximum absolute atomic E-state index is 12.9. The van der Waals surface area contributed by atoms with Crippen molar-refractivity contribution in [2.45, 2.75) is 25.7 Å². The SMILES string of the molecule is COCCCN(C)C(=O)c1cc2cc(OC)c(OCCCOc3cc4sc(C(=O)CCC(=O)O)cc4cc3OC)cc2s1. The number of nitrogens with zero attached hydrogens (tertiary/aromatic N) is 1. The first-order valence-corrected chi connectivity index (χ1v) is 15.4. The van der Waals surface area contributed by atoms with Gasteiger partial charge in [0.1, 0.15) is 0 Å². The number of thiophene rings is 2. The van der Waals surface area contributed by atoms with Gasteiger partial charge in [-0.05, 0) is 41.5 Å². The van der Waals surface area contributed by atoms with E-state index in [1.165, 1.54) is 22.7 Å². The van der Waals surface area contributed by atoms with Crippen molar-refractivity contribution in [1.29, 1.82) is 0 Å². The maximum Gasteiger partial charge on any atom is 0.303 e. The van der Waals surface area contributed by atoms with Gasteiger partial charge in [-0.25, -0.2) is 0 Å². The summed E-state index contributed by atoms with van der Waals surface area (Å²) in [5, 5.41) is 10.6. The van der Waals surface area contributed by atoms with Crippen LogP contribution >= 0.6 is 22.7 Å². The first-order valence-electron chi connectivity index (χ1n) is 13.7. The second-order valence-electron chi connectivity index (χ2n) is 9.74. The normalized spacial score (nSPS) is 11.1. The number of ether oxygens (including phenoxy) is 5. The fourth-order valence-corrected chi connectivity index (χ4v) is 6.49. The number of fused-ring (bicyclic) bond motifs is 2. The first kappa shape index (κ1) is 32.1. The smallest absolute Gasteiger partial charge is 0.303 e. The molecule has 0 aliphatic heterocycles. The molecule has 1 N–H and O–H groups in total. The molecule has 12 heteroatoms. The largest absolute Gasteiger partial charge is 0.493 e. The van der Waals surface area contributed by atoms with Crippen molar-refractivity contribution >= 4 is 60.5 Å². The van der Waals surface area contributed by atoms with Gasteiger partial charge in [-0.15, -0.1) is 22.7 Å². The molecule has 0 unspecified atom stereocenters. The summed E-state index contributed by atoms with van der Waals surface area (Å²) in [4.78, 5) is 38.9. The van der Waals surface area contributed by atoms with Crippen LogP contribution in [-0.4, -0.2) is 82.4 Å². The highest BCUT2D eigenvalue weighted by molar-refractivity contribution is 7.21.